The summed E-state index contributed by atoms with van der Waals surface area (Å²) in [6.45, 7) is 3.67. The van der Waals surface area contributed by atoms with Gasteiger partial charge in [-0.1, -0.05) is 60.8 Å². The van der Waals surface area contributed by atoms with Gasteiger partial charge in [-0.3, -0.25) is 10.3 Å². The largest absolute Gasteiger partial charge is 0.467 e. The van der Waals surface area contributed by atoms with E-state index in [0.717, 1.165) is 5.56 Å². The molecule has 10 heteroatoms. The van der Waals surface area contributed by atoms with E-state index in [1.165, 1.54) is 7.11 Å². The summed E-state index contributed by atoms with van der Waals surface area (Å²) in [6.07, 6.45) is 1.86. The summed E-state index contributed by atoms with van der Waals surface area (Å²) in [5.41, 5.74) is 2.37. The van der Waals surface area contributed by atoms with Gasteiger partial charge in [-0.2, -0.15) is 10.4 Å². The second kappa shape index (κ2) is 10.7. The minimum Gasteiger partial charge on any atom is -0.467 e. The topological polar surface area (TPSA) is 92.3 Å². The number of benzene rings is 2. The zero-order chi connectivity index (χ0) is 24.1. The van der Waals surface area contributed by atoms with E-state index in [1.54, 1.807) is 41.1 Å². The lowest BCUT2D eigenvalue weighted by molar-refractivity contribution is -0.143. The Morgan fingerprint density at radius 1 is 1.12 bits per heavy atom. The molecule has 2 aromatic carbocycles. The molecule has 0 fully saturated rings. The van der Waals surface area contributed by atoms with Crippen molar-refractivity contribution in [3.8, 4) is 23.1 Å². The first-order chi connectivity index (χ1) is 15.7. The number of carbonyl (C=O) groups excluding carboxylic acids is 1. The van der Waals surface area contributed by atoms with Gasteiger partial charge in [-0.05, 0) is 42.3 Å². The molecule has 1 atom stereocenters. The Balaban J connectivity index is 2.23. The van der Waals surface area contributed by atoms with Crippen LogP contribution in [0.1, 0.15) is 19.5 Å². The highest BCUT2D eigenvalue weighted by molar-refractivity contribution is 6.35. The fourth-order valence-corrected chi connectivity index (χ4v) is 3.72. The van der Waals surface area contributed by atoms with Crippen LogP contribution >= 0.6 is 34.8 Å². The van der Waals surface area contributed by atoms with Gasteiger partial charge in [0.1, 0.15) is 5.69 Å². The Labute approximate surface area is 206 Å². The molecule has 1 aromatic heterocycles. The Morgan fingerprint density at radius 3 is 2.36 bits per heavy atom. The maximum Gasteiger partial charge on any atom is 0.330 e. The summed E-state index contributed by atoms with van der Waals surface area (Å²) >= 11 is 18.6. The van der Waals surface area contributed by atoms with Gasteiger partial charge in [0.05, 0.1) is 23.5 Å². The summed E-state index contributed by atoms with van der Waals surface area (Å²) in [7, 11) is 1.29. The van der Waals surface area contributed by atoms with Gasteiger partial charge in [-0.25, -0.2) is 9.48 Å². The average Bonchev–Trinajstić information content (AvgIpc) is 3.21. The van der Waals surface area contributed by atoms with Crippen LogP contribution < -0.4 is 5.32 Å². The third-order valence-electron chi connectivity index (χ3n) is 4.75. The number of nitrogens with one attached hydrogen (secondary N) is 1. The molecule has 0 radical (unpaired) electrons. The molecule has 0 aliphatic heterocycles. The maximum absolute atomic E-state index is 12.2. The number of nitrogens with zero attached hydrogens (tertiary/aromatic N) is 4. The van der Waals surface area contributed by atoms with E-state index in [0.29, 0.717) is 32.1 Å². The number of aliphatic imine (C=N–C) groups is 1. The van der Waals surface area contributed by atoms with Crippen LogP contribution in [0.3, 0.4) is 0 Å². The number of methoxy groups -OCH3 is 1. The number of halogens is 3. The fraction of sp³-hybridized carbons (Fsp3) is 0.217. The lowest BCUT2D eigenvalue weighted by Crippen LogP contribution is -2.31. The number of ether oxygens (including phenoxy) is 1. The van der Waals surface area contributed by atoms with Gasteiger partial charge < -0.3 is 4.74 Å². The zero-order valence-electron chi connectivity index (χ0n) is 18.0. The average molecular weight is 505 g/mol. The molecule has 1 heterocycles. The van der Waals surface area contributed by atoms with Crippen molar-refractivity contribution in [3.05, 3.63) is 69.3 Å². The van der Waals surface area contributed by atoms with E-state index in [4.69, 9.17) is 39.5 Å². The second-order valence-electron chi connectivity index (χ2n) is 7.36. The van der Waals surface area contributed by atoms with Crippen molar-refractivity contribution < 1.29 is 9.53 Å². The van der Waals surface area contributed by atoms with Gasteiger partial charge in [0, 0.05) is 15.6 Å². The number of esters is 1. The lowest BCUT2D eigenvalue weighted by Gasteiger charge is -2.15. The lowest BCUT2D eigenvalue weighted by atomic mass is 10.1. The molecule has 0 aliphatic carbocycles. The van der Waals surface area contributed by atoms with Crippen molar-refractivity contribution >= 4 is 46.6 Å². The molecular formula is C23H20Cl3N5O2. The number of hydrogen-bond acceptors (Lipinski definition) is 5. The molecule has 0 spiro atoms. The van der Waals surface area contributed by atoms with Gasteiger partial charge in [0.15, 0.2) is 18.1 Å². The highest BCUT2D eigenvalue weighted by atomic mass is 35.5. The monoisotopic (exact) mass is 503 g/mol. The van der Waals surface area contributed by atoms with Crippen molar-refractivity contribution in [3.63, 3.8) is 0 Å². The van der Waals surface area contributed by atoms with Crippen molar-refractivity contribution in [1.29, 1.82) is 5.26 Å². The third-order valence-corrected chi connectivity index (χ3v) is 5.54. The molecule has 0 bridgehead atoms. The quantitative estimate of drug-likeness (QED) is 0.157. The number of nitriles is 1. The van der Waals surface area contributed by atoms with Crippen LogP contribution in [0.5, 0.6) is 0 Å². The summed E-state index contributed by atoms with van der Waals surface area (Å²) < 4.78 is 6.49. The Bertz CT molecular complexity index is 1230. The maximum atomic E-state index is 12.2. The predicted octanol–water partition coefficient (Wildman–Crippen LogP) is 5.51. The van der Waals surface area contributed by atoms with Crippen molar-refractivity contribution in [1.82, 2.24) is 15.1 Å². The predicted molar refractivity (Wildman–Crippen MR) is 130 cm³/mol. The SMILES string of the molecule is COC(=O)[C@@H](N=C(NC#N)c1cc(-c2ccc(Cl)cc2)n(-c2ccc(Cl)cc2Cl)n1)C(C)C. The van der Waals surface area contributed by atoms with Crippen LogP contribution in [0.4, 0.5) is 0 Å². The molecule has 0 unspecified atom stereocenters. The standard InChI is InChI=1S/C23H20Cl3N5O2/c1-13(2)21(23(32)33-3)29-22(28-12-27)18-11-20(14-4-6-15(24)7-5-14)31(30-18)19-9-8-16(25)10-17(19)26/h4-11,13,21H,1-3H3,(H,28,29)/t21-/m0/s1. The van der Waals surface area contributed by atoms with Crippen LogP contribution in [-0.4, -0.2) is 34.7 Å². The highest BCUT2D eigenvalue weighted by Crippen LogP contribution is 2.30. The molecule has 1 N–H and O–H groups in total. The molecule has 0 amide bonds. The van der Waals surface area contributed by atoms with E-state index in [2.05, 4.69) is 15.4 Å². The van der Waals surface area contributed by atoms with E-state index in [1.807, 2.05) is 32.2 Å². The van der Waals surface area contributed by atoms with Crippen LogP contribution in [0, 0.1) is 17.4 Å². The first-order valence-corrected chi connectivity index (χ1v) is 11.0. The minimum absolute atomic E-state index is 0.126. The Hall–Kier alpha value is -3.05. The molecule has 0 saturated carbocycles. The smallest absolute Gasteiger partial charge is 0.330 e. The van der Waals surface area contributed by atoms with E-state index < -0.39 is 12.0 Å². The molecule has 33 heavy (non-hydrogen) atoms. The van der Waals surface area contributed by atoms with Gasteiger partial charge in [-0.15, -0.1) is 0 Å². The van der Waals surface area contributed by atoms with Gasteiger partial charge in [0.2, 0.25) is 0 Å². The molecule has 7 nitrogen and oxygen atoms in total. The first-order valence-electron chi connectivity index (χ1n) is 9.87. The van der Waals surface area contributed by atoms with Crippen LogP contribution in [0.2, 0.25) is 15.1 Å². The van der Waals surface area contributed by atoms with E-state index in [9.17, 15) is 10.1 Å². The molecule has 170 valence electrons. The van der Waals surface area contributed by atoms with Gasteiger partial charge in [0.25, 0.3) is 0 Å². The van der Waals surface area contributed by atoms with Crippen molar-refractivity contribution in [2.75, 3.05) is 7.11 Å². The highest BCUT2D eigenvalue weighted by Gasteiger charge is 2.25. The summed E-state index contributed by atoms with van der Waals surface area (Å²) in [5, 5.41) is 17.9. The molecule has 3 aromatic rings. The van der Waals surface area contributed by atoms with E-state index >= 15 is 0 Å². The van der Waals surface area contributed by atoms with Crippen LogP contribution in [0.15, 0.2) is 53.5 Å². The third kappa shape index (κ3) is 5.66. The molecule has 3 rings (SSSR count). The summed E-state index contributed by atoms with van der Waals surface area (Å²) in [4.78, 5) is 16.7. The molecule has 0 saturated heterocycles. The van der Waals surface area contributed by atoms with Gasteiger partial charge >= 0.3 is 5.97 Å². The van der Waals surface area contributed by atoms with Crippen molar-refractivity contribution in [2.45, 2.75) is 19.9 Å². The molecular weight excluding hydrogens is 485 g/mol. The Kier molecular flexibility index (Phi) is 7.98. The second-order valence-corrected chi connectivity index (χ2v) is 8.64. The van der Waals surface area contributed by atoms with Crippen LogP contribution in [-0.2, 0) is 9.53 Å². The first kappa shape index (κ1) is 24.6. The number of rotatable bonds is 6. The summed E-state index contributed by atoms with van der Waals surface area (Å²) in [6, 6.07) is 13.1. The minimum atomic E-state index is -0.825. The normalized spacial score (nSPS) is 12.4. The number of amidine groups is 1. The van der Waals surface area contributed by atoms with E-state index in [-0.39, 0.29) is 11.8 Å². The number of aromatic nitrogens is 2. The zero-order valence-corrected chi connectivity index (χ0v) is 20.3. The van der Waals surface area contributed by atoms with Crippen molar-refractivity contribution in [2.24, 2.45) is 10.9 Å². The van der Waals surface area contributed by atoms with Crippen LogP contribution in [0.25, 0.3) is 16.9 Å². The summed E-state index contributed by atoms with van der Waals surface area (Å²) in [5.74, 6) is -0.558. The molecule has 0 aliphatic rings. The fourth-order valence-electron chi connectivity index (χ4n) is 3.11. The number of carbonyl (C=O) groups is 1. The Morgan fingerprint density at radius 2 is 1.79 bits per heavy atom. The number of hydrogen-bond donors (Lipinski definition) is 1.